The minimum Gasteiger partial charge on any atom is -0.497 e. The molecule has 0 spiro atoms. The molecule has 6 nitrogen and oxygen atoms in total. The van der Waals surface area contributed by atoms with Crippen molar-refractivity contribution < 1.29 is 9.53 Å². The maximum absolute atomic E-state index is 12.4. The lowest BCUT2D eigenvalue weighted by atomic mass is 10.2. The number of carbonyl (C=O) groups excluding carboxylic acids is 1. The molecule has 0 aliphatic rings. The Hall–Kier alpha value is -2.51. The summed E-state index contributed by atoms with van der Waals surface area (Å²) < 4.78 is 7.21. The summed E-state index contributed by atoms with van der Waals surface area (Å²) in [5, 5.41) is 10.1. The maximum Gasteiger partial charge on any atom is 0.233 e. The van der Waals surface area contributed by atoms with Gasteiger partial charge in [0, 0.05) is 29.4 Å². The molecule has 8 heteroatoms. The van der Waals surface area contributed by atoms with Crippen LogP contribution in [0.1, 0.15) is 13.8 Å². The minimum absolute atomic E-state index is 0.0809. The smallest absolute Gasteiger partial charge is 0.233 e. The zero-order valence-electron chi connectivity index (χ0n) is 16.6. The molecule has 0 N–H and O–H groups in total. The summed E-state index contributed by atoms with van der Waals surface area (Å²) in [6.45, 7) is 5.34. The second kappa shape index (κ2) is 9.80. The second-order valence-electron chi connectivity index (χ2n) is 6.20. The zero-order chi connectivity index (χ0) is 20.8. The summed E-state index contributed by atoms with van der Waals surface area (Å²) in [6.07, 6.45) is 0. The number of methoxy groups -OCH3 is 1. The molecule has 3 rings (SSSR count). The minimum atomic E-state index is 0.0809. The van der Waals surface area contributed by atoms with Crippen LogP contribution >= 0.6 is 23.4 Å². The molecule has 0 unspecified atom stereocenters. The summed E-state index contributed by atoms with van der Waals surface area (Å²) in [5.41, 5.74) is 1.78. The van der Waals surface area contributed by atoms with Crippen LogP contribution in [-0.4, -0.2) is 51.5 Å². The van der Waals surface area contributed by atoms with Gasteiger partial charge in [0.05, 0.1) is 12.9 Å². The SMILES string of the molecule is CCN(CC)C(=O)CSc1nnc(-c2ccc(Cl)cc2)n1-c1ccc(OC)cc1. The fourth-order valence-electron chi connectivity index (χ4n) is 2.91. The van der Waals surface area contributed by atoms with Crippen LogP contribution in [0.25, 0.3) is 17.1 Å². The van der Waals surface area contributed by atoms with E-state index in [4.69, 9.17) is 16.3 Å². The Bertz CT molecular complexity index is 954. The summed E-state index contributed by atoms with van der Waals surface area (Å²) in [5.74, 6) is 1.83. The van der Waals surface area contributed by atoms with Crippen LogP contribution in [0.5, 0.6) is 5.75 Å². The van der Waals surface area contributed by atoms with Crippen molar-refractivity contribution in [1.29, 1.82) is 0 Å². The molecule has 0 atom stereocenters. The van der Waals surface area contributed by atoms with Crippen LogP contribution in [0.4, 0.5) is 0 Å². The number of hydrogen-bond donors (Lipinski definition) is 0. The van der Waals surface area contributed by atoms with Crippen molar-refractivity contribution in [2.75, 3.05) is 26.0 Å². The number of ether oxygens (including phenoxy) is 1. The summed E-state index contributed by atoms with van der Waals surface area (Å²) in [6, 6.07) is 15.1. The third kappa shape index (κ3) is 4.92. The molecule has 0 radical (unpaired) electrons. The lowest BCUT2D eigenvalue weighted by molar-refractivity contribution is -0.127. The third-order valence-corrected chi connectivity index (χ3v) is 5.67. The van der Waals surface area contributed by atoms with Gasteiger partial charge in [-0.25, -0.2) is 0 Å². The van der Waals surface area contributed by atoms with Crippen molar-refractivity contribution in [3.63, 3.8) is 0 Å². The number of amides is 1. The van der Waals surface area contributed by atoms with E-state index in [1.807, 2.05) is 66.9 Å². The monoisotopic (exact) mass is 430 g/mol. The first kappa shape index (κ1) is 21.2. The zero-order valence-corrected chi connectivity index (χ0v) is 18.2. The van der Waals surface area contributed by atoms with Crippen LogP contribution in [0, 0.1) is 0 Å². The van der Waals surface area contributed by atoms with Crippen molar-refractivity contribution in [3.8, 4) is 22.8 Å². The molecule has 1 heterocycles. The quantitative estimate of drug-likeness (QED) is 0.490. The molecule has 152 valence electrons. The van der Waals surface area contributed by atoms with Crippen molar-refractivity contribution >= 4 is 29.3 Å². The van der Waals surface area contributed by atoms with Gasteiger partial charge in [-0.1, -0.05) is 23.4 Å². The molecule has 0 aliphatic carbocycles. The Morgan fingerprint density at radius 1 is 1.07 bits per heavy atom. The first-order valence-electron chi connectivity index (χ1n) is 9.33. The molecule has 0 bridgehead atoms. The van der Waals surface area contributed by atoms with Crippen molar-refractivity contribution in [2.45, 2.75) is 19.0 Å². The Labute approximate surface area is 179 Å². The van der Waals surface area contributed by atoms with Crippen molar-refractivity contribution in [1.82, 2.24) is 19.7 Å². The van der Waals surface area contributed by atoms with E-state index in [-0.39, 0.29) is 5.91 Å². The fourth-order valence-corrected chi connectivity index (χ4v) is 3.89. The van der Waals surface area contributed by atoms with Gasteiger partial charge in [-0.15, -0.1) is 10.2 Å². The number of nitrogens with zero attached hydrogens (tertiary/aromatic N) is 4. The third-order valence-electron chi connectivity index (χ3n) is 4.51. The number of rotatable bonds is 8. The number of benzene rings is 2. The van der Waals surface area contributed by atoms with Gasteiger partial charge in [0.1, 0.15) is 5.75 Å². The van der Waals surface area contributed by atoms with Gasteiger partial charge in [0.15, 0.2) is 11.0 Å². The van der Waals surface area contributed by atoms with Crippen LogP contribution in [-0.2, 0) is 4.79 Å². The predicted octanol–water partition coefficient (Wildman–Crippen LogP) is 4.56. The van der Waals surface area contributed by atoms with Crippen molar-refractivity contribution in [2.24, 2.45) is 0 Å². The van der Waals surface area contributed by atoms with Crippen molar-refractivity contribution in [3.05, 3.63) is 53.6 Å². The first-order chi connectivity index (χ1) is 14.1. The van der Waals surface area contributed by atoms with E-state index in [0.29, 0.717) is 34.8 Å². The first-order valence-corrected chi connectivity index (χ1v) is 10.7. The largest absolute Gasteiger partial charge is 0.497 e. The van der Waals surface area contributed by atoms with E-state index < -0.39 is 0 Å². The summed E-state index contributed by atoms with van der Waals surface area (Å²) >= 11 is 7.41. The molecule has 29 heavy (non-hydrogen) atoms. The fraction of sp³-hybridized carbons (Fsp3) is 0.286. The predicted molar refractivity (Wildman–Crippen MR) is 117 cm³/mol. The molecule has 0 aliphatic heterocycles. The molecule has 1 amide bonds. The van der Waals surface area contributed by atoms with Crippen LogP contribution in [0.2, 0.25) is 5.02 Å². The highest BCUT2D eigenvalue weighted by Gasteiger charge is 2.18. The van der Waals surface area contributed by atoms with E-state index in [0.717, 1.165) is 17.0 Å². The van der Waals surface area contributed by atoms with Crippen LogP contribution in [0.15, 0.2) is 53.7 Å². The highest BCUT2D eigenvalue weighted by atomic mass is 35.5. The van der Waals surface area contributed by atoms with E-state index >= 15 is 0 Å². The average Bonchev–Trinajstić information content (AvgIpc) is 3.17. The molecular formula is C21H23ClN4O2S. The lowest BCUT2D eigenvalue weighted by Crippen LogP contribution is -2.31. The Kier molecular flexibility index (Phi) is 7.17. The van der Waals surface area contributed by atoms with E-state index in [9.17, 15) is 4.79 Å². The molecular weight excluding hydrogens is 408 g/mol. The summed E-state index contributed by atoms with van der Waals surface area (Å²) in [4.78, 5) is 14.2. The van der Waals surface area contributed by atoms with Crippen LogP contribution < -0.4 is 4.74 Å². The van der Waals surface area contributed by atoms with Gasteiger partial charge in [-0.3, -0.25) is 9.36 Å². The Morgan fingerprint density at radius 3 is 2.31 bits per heavy atom. The van der Waals surface area contributed by atoms with Crippen LogP contribution in [0.3, 0.4) is 0 Å². The number of carbonyl (C=O) groups is 1. The topological polar surface area (TPSA) is 60.2 Å². The Morgan fingerprint density at radius 2 is 1.72 bits per heavy atom. The van der Waals surface area contributed by atoms with Gasteiger partial charge < -0.3 is 9.64 Å². The average molecular weight is 431 g/mol. The summed E-state index contributed by atoms with van der Waals surface area (Å²) in [7, 11) is 1.63. The molecule has 0 fully saturated rings. The number of hydrogen-bond acceptors (Lipinski definition) is 5. The molecule has 2 aromatic carbocycles. The molecule has 1 aromatic heterocycles. The highest BCUT2D eigenvalue weighted by molar-refractivity contribution is 7.99. The van der Waals surface area contributed by atoms with Gasteiger partial charge in [0.2, 0.25) is 5.91 Å². The lowest BCUT2D eigenvalue weighted by Gasteiger charge is -2.18. The number of aromatic nitrogens is 3. The van der Waals surface area contributed by atoms with Gasteiger partial charge in [-0.2, -0.15) is 0 Å². The number of thioether (sulfide) groups is 1. The maximum atomic E-state index is 12.4. The normalized spacial score (nSPS) is 10.8. The highest BCUT2D eigenvalue weighted by Crippen LogP contribution is 2.29. The van der Waals surface area contributed by atoms with Gasteiger partial charge >= 0.3 is 0 Å². The molecule has 0 saturated heterocycles. The second-order valence-corrected chi connectivity index (χ2v) is 7.58. The van der Waals surface area contributed by atoms with Gasteiger partial charge in [-0.05, 0) is 62.4 Å². The Balaban J connectivity index is 1.97. The number of halogens is 1. The molecule has 0 saturated carbocycles. The van der Waals surface area contributed by atoms with E-state index in [2.05, 4.69) is 10.2 Å². The molecule has 3 aromatic rings. The standard InChI is InChI=1S/C21H23ClN4O2S/c1-4-25(5-2)19(27)14-29-21-24-23-20(15-6-8-16(22)9-7-15)26(21)17-10-12-18(28-3)13-11-17/h6-13H,4-5,14H2,1-3H3. The van der Waals surface area contributed by atoms with Gasteiger partial charge in [0.25, 0.3) is 0 Å². The van der Waals surface area contributed by atoms with E-state index in [1.54, 1.807) is 12.0 Å². The van der Waals surface area contributed by atoms with E-state index in [1.165, 1.54) is 11.8 Å².